The molecule has 1 fully saturated rings. The molecule has 8 heteroatoms. The molecule has 2 heterocycles. The molecule has 1 saturated heterocycles. The van der Waals surface area contributed by atoms with Gasteiger partial charge in [-0.3, -0.25) is 9.24 Å². The van der Waals surface area contributed by atoms with Gasteiger partial charge in [-0.1, -0.05) is 29.5 Å². The van der Waals surface area contributed by atoms with Crippen molar-refractivity contribution in [1.29, 1.82) is 0 Å². The van der Waals surface area contributed by atoms with Crippen molar-refractivity contribution in [2.75, 3.05) is 31.0 Å². The normalized spacial score (nSPS) is 16.3. The monoisotopic (exact) mass is 517 g/mol. The Bertz CT molecular complexity index is 1160. The third-order valence-electron chi connectivity index (χ3n) is 5.80. The molecular weight excluding hydrogens is 481 g/mol. The van der Waals surface area contributed by atoms with Gasteiger partial charge in [0.2, 0.25) is 0 Å². The van der Waals surface area contributed by atoms with Crippen LogP contribution in [0.4, 0.5) is 5.69 Å². The van der Waals surface area contributed by atoms with Gasteiger partial charge in [0.25, 0.3) is 0 Å². The molecule has 1 aromatic heterocycles. The number of hydrogen-bond donors (Lipinski definition) is 1. The van der Waals surface area contributed by atoms with Crippen LogP contribution in [0.1, 0.15) is 66.2 Å². The van der Waals surface area contributed by atoms with Crippen LogP contribution in [-0.2, 0) is 13.8 Å². The minimum Gasteiger partial charge on any atom is -0.477 e. The summed E-state index contributed by atoms with van der Waals surface area (Å²) in [6.45, 7) is 13.7. The number of rotatable bonds is 8. The molecule has 35 heavy (non-hydrogen) atoms. The van der Waals surface area contributed by atoms with E-state index in [0.717, 1.165) is 35.3 Å². The topological polar surface area (TPSA) is 76.1 Å². The highest BCUT2D eigenvalue weighted by Crippen LogP contribution is 2.55. The van der Waals surface area contributed by atoms with Crippen LogP contribution in [0.5, 0.6) is 0 Å². The third kappa shape index (κ3) is 6.77. The summed E-state index contributed by atoms with van der Waals surface area (Å²) in [5.74, 6) is 5.45. The smallest absolute Gasteiger partial charge is 0.348 e. The number of hydrogen-bond acceptors (Lipinski definition) is 5. The summed E-state index contributed by atoms with van der Waals surface area (Å²) in [6.07, 6.45) is 1.64. The zero-order valence-corrected chi connectivity index (χ0v) is 23.2. The van der Waals surface area contributed by atoms with E-state index in [1.165, 1.54) is 0 Å². The Hall–Kier alpha value is -2.10. The van der Waals surface area contributed by atoms with Gasteiger partial charge in [-0.2, -0.15) is 0 Å². The number of thiophene rings is 1. The molecule has 190 valence electrons. The molecule has 1 aromatic carbocycles. The summed E-state index contributed by atoms with van der Waals surface area (Å²) in [4.78, 5) is 13.1. The Morgan fingerprint density at radius 2 is 1.94 bits per heavy atom. The standard InChI is InChI=1S/C27H36NO5PS/c1-7-33-34(31,24-9-8-19(2)16-20(24)3)28(18-21-11-14-32-15-12-21)23-17-22(10-13-27(4,5)6)35-25(23)26(29)30/h8-9,16-17,21H,7,11-12,14-15,18H2,1-6H3,(H,29,30). The van der Waals surface area contributed by atoms with Gasteiger partial charge in [-0.05, 0) is 78.0 Å². The van der Waals surface area contributed by atoms with Crippen LogP contribution in [-0.4, -0.2) is 37.4 Å². The van der Waals surface area contributed by atoms with Gasteiger partial charge in [-0.15, -0.1) is 11.3 Å². The van der Waals surface area contributed by atoms with E-state index in [1.807, 2.05) is 59.7 Å². The Kier molecular flexibility index (Phi) is 8.88. The van der Waals surface area contributed by atoms with E-state index >= 15 is 0 Å². The lowest BCUT2D eigenvalue weighted by molar-refractivity contribution is 0.0683. The lowest BCUT2D eigenvalue weighted by Crippen LogP contribution is -2.35. The molecule has 1 aliphatic heterocycles. The minimum absolute atomic E-state index is 0.125. The van der Waals surface area contributed by atoms with E-state index in [4.69, 9.17) is 9.26 Å². The van der Waals surface area contributed by atoms with Crippen molar-refractivity contribution < 1.29 is 23.7 Å². The van der Waals surface area contributed by atoms with E-state index in [0.29, 0.717) is 35.6 Å². The van der Waals surface area contributed by atoms with Crippen LogP contribution in [0.25, 0.3) is 0 Å². The van der Waals surface area contributed by atoms with Crippen molar-refractivity contribution >= 4 is 35.8 Å². The molecule has 6 nitrogen and oxygen atoms in total. The first-order chi connectivity index (χ1) is 16.4. The van der Waals surface area contributed by atoms with Crippen molar-refractivity contribution in [2.24, 2.45) is 11.3 Å². The Labute approximate surface area is 213 Å². The molecule has 2 aromatic rings. The van der Waals surface area contributed by atoms with Crippen LogP contribution >= 0.6 is 18.9 Å². The number of aromatic carboxylic acids is 1. The summed E-state index contributed by atoms with van der Waals surface area (Å²) in [7, 11) is -3.64. The number of aryl methyl sites for hydroxylation is 2. The number of benzene rings is 1. The summed E-state index contributed by atoms with van der Waals surface area (Å²) in [5, 5.41) is 10.7. The Balaban J connectivity index is 2.21. The largest absolute Gasteiger partial charge is 0.477 e. The number of carbonyl (C=O) groups is 1. The molecule has 0 bridgehead atoms. The average molecular weight is 518 g/mol. The average Bonchev–Trinajstić information content (AvgIpc) is 3.20. The molecule has 1 unspecified atom stereocenters. The SMILES string of the molecule is CCOP(=O)(c1ccc(C)cc1C)N(CC1CCOCC1)c1cc(C#CC(C)(C)C)sc1C(=O)O. The van der Waals surface area contributed by atoms with Crippen LogP contribution in [0, 0.1) is 37.0 Å². The number of ether oxygens (including phenoxy) is 1. The molecule has 3 rings (SSSR count). The molecule has 1 N–H and O–H groups in total. The van der Waals surface area contributed by atoms with Gasteiger partial charge in [-0.25, -0.2) is 4.79 Å². The molecule has 1 atom stereocenters. The zero-order valence-electron chi connectivity index (χ0n) is 21.5. The van der Waals surface area contributed by atoms with E-state index in [1.54, 1.807) is 10.7 Å². The van der Waals surface area contributed by atoms with E-state index < -0.39 is 13.5 Å². The van der Waals surface area contributed by atoms with Crippen molar-refractivity contribution in [1.82, 2.24) is 0 Å². The van der Waals surface area contributed by atoms with Gasteiger partial charge in [0.05, 0.1) is 22.5 Å². The fourth-order valence-electron chi connectivity index (χ4n) is 4.12. The first kappa shape index (κ1) is 27.5. The number of carboxylic acid groups (broad SMARTS) is 1. The van der Waals surface area contributed by atoms with Crippen LogP contribution in [0.2, 0.25) is 0 Å². The molecule has 0 saturated carbocycles. The zero-order chi connectivity index (χ0) is 25.8. The summed E-state index contributed by atoms with van der Waals surface area (Å²) in [6, 6.07) is 7.53. The van der Waals surface area contributed by atoms with Crippen molar-refractivity contribution in [3.63, 3.8) is 0 Å². The second kappa shape index (κ2) is 11.3. The highest BCUT2D eigenvalue weighted by Gasteiger charge is 2.39. The maximum atomic E-state index is 14.9. The lowest BCUT2D eigenvalue weighted by atomic mass is 9.98. The minimum atomic E-state index is -3.64. The second-order valence-electron chi connectivity index (χ2n) is 10.00. The van der Waals surface area contributed by atoms with E-state index in [9.17, 15) is 14.5 Å². The van der Waals surface area contributed by atoms with Gasteiger partial charge in [0.15, 0.2) is 0 Å². The van der Waals surface area contributed by atoms with Crippen LogP contribution in [0.15, 0.2) is 24.3 Å². The molecule has 0 spiro atoms. The fourth-order valence-corrected chi connectivity index (χ4v) is 7.60. The fraction of sp³-hybridized carbons (Fsp3) is 0.519. The van der Waals surface area contributed by atoms with Crippen LogP contribution < -0.4 is 9.97 Å². The molecule has 0 aliphatic carbocycles. The first-order valence-electron chi connectivity index (χ1n) is 12.0. The maximum Gasteiger partial charge on any atom is 0.348 e. The van der Waals surface area contributed by atoms with Crippen molar-refractivity contribution in [3.05, 3.63) is 45.1 Å². The molecule has 0 amide bonds. The number of anilines is 1. The molecule has 0 radical (unpaired) electrons. The second-order valence-corrected chi connectivity index (χ2v) is 13.3. The quantitative estimate of drug-likeness (QED) is 0.330. The highest BCUT2D eigenvalue weighted by atomic mass is 32.1. The Morgan fingerprint density at radius 1 is 1.26 bits per heavy atom. The summed E-state index contributed by atoms with van der Waals surface area (Å²) < 4.78 is 28.2. The summed E-state index contributed by atoms with van der Waals surface area (Å²) >= 11 is 1.12. The highest BCUT2D eigenvalue weighted by molar-refractivity contribution is 7.68. The van der Waals surface area contributed by atoms with Crippen LogP contribution in [0.3, 0.4) is 0 Å². The lowest BCUT2D eigenvalue weighted by Gasteiger charge is -2.37. The predicted octanol–water partition coefficient (Wildman–Crippen LogP) is 6.25. The van der Waals surface area contributed by atoms with E-state index in [-0.39, 0.29) is 22.8 Å². The van der Waals surface area contributed by atoms with Gasteiger partial charge in [0, 0.05) is 25.2 Å². The van der Waals surface area contributed by atoms with Crippen molar-refractivity contribution in [2.45, 2.75) is 54.4 Å². The van der Waals surface area contributed by atoms with Gasteiger partial charge >= 0.3 is 13.5 Å². The number of nitrogens with zero attached hydrogens (tertiary/aromatic N) is 1. The first-order valence-corrected chi connectivity index (χ1v) is 14.4. The predicted molar refractivity (Wildman–Crippen MR) is 143 cm³/mol. The van der Waals surface area contributed by atoms with Crippen molar-refractivity contribution in [3.8, 4) is 11.8 Å². The van der Waals surface area contributed by atoms with Gasteiger partial charge < -0.3 is 14.4 Å². The molecular formula is C27H36NO5PS. The number of carboxylic acids is 1. The molecule has 1 aliphatic rings. The third-order valence-corrected chi connectivity index (χ3v) is 9.56. The summed E-state index contributed by atoms with van der Waals surface area (Å²) in [5.41, 5.74) is 2.10. The van der Waals surface area contributed by atoms with E-state index in [2.05, 4.69) is 11.8 Å². The van der Waals surface area contributed by atoms with Gasteiger partial charge in [0.1, 0.15) is 4.88 Å². The maximum absolute atomic E-state index is 14.9. The Morgan fingerprint density at radius 3 is 2.51 bits per heavy atom.